The molecular weight excluding hydrogens is 248 g/mol. The molecule has 1 rings (SSSR count). The average Bonchev–Trinajstić information content (AvgIpc) is 2.27. The van der Waals surface area contributed by atoms with Gasteiger partial charge in [-0.15, -0.1) is 0 Å². The number of aryl methyl sites for hydroxylation is 1. The molecule has 0 heterocycles. The van der Waals surface area contributed by atoms with Crippen molar-refractivity contribution in [2.45, 2.75) is 33.7 Å². The van der Waals surface area contributed by atoms with Crippen molar-refractivity contribution in [1.29, 1.82) is 0 Å². The molecule has 3 nitrogen and oxygen atoms in total. The second-order valence-corrected chi connectivity index (χ2v) is 5.35. The van der Waals surface area contributed by atoms with E-state index in [1.165, 1.54) is 0 Å². The number of carbonyl (C=O) groups is 1. The lowest BCUT2D eigenvalue weighted by Crippen LogP contribution is -2.39. The van der Waals surface area contributed by atoms with Gasteiger partial charge < -0.3 is 10.6 Å². The summed E-state index contributed by atoms with van der Waals surface area (Å²) >= 11 is 5.88. The second kappa shape index (κ2) is 6.64. The first kappa shape index (κ1) is 14.8. The highest BCUT2D eigenvalue weighted by atomic mass is 35.5. The second-order valence-electron chi connectivity index (χ2n) is 4.91. The van der Waals surface area contributed by atoms with Crippen LogP contribution in [0.3, 0.4) is 0 Å². The van der Waals surface area contributed by atoms with Crippen LogP contribution >= 0.6 is 11.6 Å². The highest BCUT2D eigenvalue weighted by Gasteiger charge is 2.10. The minimum Gasteiger partial charge on any atom is -0.376 e. The number of anilines is 1. The summed E-state index contributed by atoms with van der Waals surface area (Å²) in [6.07, 6.45) is 0. The molecule has 18 heavy (non-hydrogen) atoms. The zero-order valence-electron chi connectivity index (χ0n) is 11.4. The van der Waals surface area contributed by atoms with E-state index in [0.717, 1.165) is 11.3 Å². The molecular formula is C14H21ClN2O. The Bertz CT molecular complexity index is 418. The molecule has 4 heteroatoms. The van der Waals surface area contributed by atoms with Crippen LogP contribution < -0.4 is 10.6 Å². The van der Waals surface area contributed by atoms with Crippen molar-refractivity contribution in [2.75, 3.05) is 11.9 Å². The smallest absolute Gasteiger partial charge is 0.239 e. The van der Waals surface area contributed by atoms with Gasteiger partial charge in [0.15, 0.2) is 0 Å². The topological polar surface area (TPSA) is 41.1 Å². The van der Waals surface area contributed by atoms with E-state index >= 15 is 0 Å². The Morgan fingerprint density at radius 2 is 2.00 bits per heavy atom. The Labute approximate surface area is 114 Å². The molecule has 0 saturated heterocycles. The molecule has 0 aliphatic rings. The molecule has 100 valence electrons. The predicted molar refractivity (Wildman–Crippen MR) is 77.1 cm³/mol. The fourth-order valence-electron chi connectivity index (χ4n) is 1.47. The van der Waals surface area contributed by atoms with Crippen LogP contribution in [0, 0.1) is 12.8 Å². The van der Waals surface area contributed by atoms with Gasteiger partial charge in [0.1, 0.15) is 0 Å². The molecule has 1 unspecified atom stereocenters. The summed E-state index contributed by atoms with van der Waals surface area (Å²) in [6.45, 7) is 8.42. The first-order valence-corrected chi connectivity index (χ1v) is 6.57. The van der Waals surface area contributed by atoms with Crippen LogP contribution in [-0.2, 0) is 4.79 Å². The SMILES string of the molecule is Cc1cc(Cl)ccc1NCC(=O)NC(C)C(C)C. The van der Waals surface area contributed by atoms with Crippen LogP contribution in [0.1, 0.15) is 26.3 Å². The number of halogens is 1. The maximum Gasteiger partial charge on any atom is 0.239 e. The maximum absolute atomic E-state index is 11.7. The van der Waals surface area contributed by atoms with Gasteiger partial charge in [0, 0.05) is 16.8 Å². The summed E-state index contributed by atoms with van der Waals surface area (Å²) in [4.78, 5) is 11.7. The highest BCUT2D eigenvalue weighted by molar-refractivity contribution is 6.30. The van der Waals surface area contributed by atoms with E-state index in [2.05, 4.69) is 24.5 Å². The quantitative estimate of drug-likeness (QED) is 0.861. The Kier molecular flexibility index (Phi) is 5.48. The number of hydrogen-bond acceptors (Lipinski definition) is 2. The number of benzene rings is 1. The zero-order valence-corrected chi connectivity index (χ0v) is 12.1. The van der Waals surface area contributed by atoms with Crippen molar-refractivity contribution in [2.24, 2.45) is 5.92 Å². The molecule has 0 spiro atoms. The van der Waals surface area contributed by atoms with E-state index in [1.807, 2.05) is 32.0 Å². The molecule has 0 saturated carbocycles. The summed E-state index contributed by atoms with van der Waals surface area (Å²) < 4.78 is 0. The van der Waals surface area contributed by atoms with E-state index in [9.17, 15) is 4.79 Å². The van der Waals surface area contributed by atoms with Crippen molar-refractivity contribution < 1.29 is 4.79 Å². The molecule has 1 amide bonds. The lowest BCUT2D eigenvalue weighted by molar-refractivity contribution is -0.120. The minimum atomic E-state index is 0.00514. The average molecular weight is 269 g/mol. The zero-order chi connectivity index (χ0) is 13.7. The largest absolute Gasteiger partial charge is 0.376 e. The van der Waals surface area contributed by atoms with Gasteiger partial charge in [0.25, 0.3) is 0 Å². The number of nitrogens with one attached hydrogen (secondary N) is 2. The lowest BCUT2D eigenvalue weighted by atomic mass is 10.1. The molecule has 0 radical (unpaired) electrons. The van der Waals surface area contributed by atoms with E-state index in [1.54, 1.807) is 0 Å². The first-order valence-electron chi connectivity index (χ1n) is 6.19. The van der Waals surface area contributed by atoms with Crippen LogP contribution in [0.5, 0.6) is 0 Å². The first-order chi connectivity index (χ1) is 8.40. The van der Waals surface area contributed by atoms with Gasteiger partial charge in [-0.2, -0.15) is 0 Å². The predicted octanol–water partition coefficient (Wildman–Crippen LogP) is 3.22. The Balaban J connectivity index is 2.47. The minimum absolute atomic E-state index is 0.00514. The van der Waals surface area contributed by atoms with Gasteiger partial charge in [0.2, 0.25) is 5.91 Å². The molecule has 1 aromatic carbocycles. The molecule has 0 fully saturated rings. The molecule has 0 bridgehead atoms. The van der Waals surface area contributed by atoms with Crippen LogP contribution in [-0.4, -0.2) is 18.5 Å². The molecule has 0 aromatic heterocycles. The Morgan fingerprint density at radius 3 is 2.56 bits per heavy atom. The van der Waals surface area contributed by atoms with E-state index in [0.29, 0.717) is 10.9 Å². The number of amides is 1. The number of carbonyl (C=O) groups excluding carboxylic acids is 1. The third-order valence-corrected chi connectivity index (χ3v) is 3.25. The van der Waals surface area contributed by atoms with Crippen molar-refractivity contribution in [3.8, 4) is 0 Å². The Morgan fingerprint density at radius 1 is 1.33 bits per heavy atom. The van der Waals surface area contributed by atoms with Crippen molar-refractivity contribution in [3.05, 3.63) is 28.8 Å². The highest BCUT2D eigenvalue weighted by Crippen LogP contribution is 2.19. The monoisotopic (exact) mass is 268 g/mol. The van der Waals surface area contributed by atoms with Gasteiger partial charge in [0.05, 0.1) is 6.54 Å². The van der Waals surface area contributed by atoms with Gasteiger partial charge in [-0.25, -0.2) is 0 Å². The third-order valence-electron chi connectivity index (χ3n) is 3.02. The van der Waals surface area contributed by atoms with Crippen LogP contribution in [0.25, 0.3) is 0 Å². The molecule has 0 aliphatic carbocycles. The summed E-state index contributed by atoms with van der Waals surface area (Å²) in [5, 5.41) is 6.77. The van der Waals surface area contributed by atoms with Gasteiger partial charge in [-0.05, 0) is 43.5 Å². The summed E-state index contributed by atoms with van der Waals surface area (Å²) in [5.74, 6) is 0.441. The van der Waals surface area contributed by atoms with Crippen molar-refractivity contribution in [3.63, 3.8) is 0 Å². The fourth-order valence-corrected chi connectivity index (χ4v) is 1.70. The van der Waals surface area contributed by atoms with Crippen molar-refractivity contribution in [1.82, 2.24) is 5.32 Å². The lowest BCUT2D eigenvalue weighted by Gasteiger charge is -2.18. The van der Waals surface area contributed by atoms with Crippen LogP contribution in [0.15, 0.2) is 18.2 Å². The van der Waals surface area contributed by atoms with E-state index in [-0.39, 0.29) is 18.5 Å². The molecule has 0 aliphatic heterocycles. The summed E-state index contributed by atoms with van der Waals surface area (Å²) in [5.41, 5.74) is 1.97. The number of rotatable bonds is 5. The standard InChI is InChI=1S/C14H21ClN2O/c1-9(2)11(4)17-14(18)8-16-13-6-5-12(15)7-10(13)3/h5-7,9,11,16H,8H2,1-4H3,(H,17,18). The van der Waals surface area contributed by atoms with E-state index < -0.39 is 0 Å². The molecule has 1 atom stereocenters. The van der Waals surface area contributed by atoms with Crippen molar-refractivity contribution >= 4 is 23.2 Å². The maximum atomic E-state index is 11.7. The third kappa shape index (κ3) is 4.57. The summed E-state index contributed by atoms with van der Waals surface area (Å²) in [6, 6.07) is 5.76. The van der Waals surface area contributed by atoms with Gasteiger partial charge in [-0.3, -0.25) is 4.79 Å². The normalized spacial score (nSPS) is 12.3. The fraction of sp³-hybridized carbons (Fsp3) is 0.500. The molecule has 1 aromatic rings. The number of hydrogen-bond donors (Lipinski definition) is 2. The van der Waals surface area contributed by atoms with Gasteiger partial charge in [-0.1, -0.05) is 25.4 Å². The van der Waals surface area contributed by atoms with Gasteiger partial charge >= 0.3 is 0 Å². The Hall–Kier alpha value is -1.22. The van der Waals surface area contributed by atoms with Crippen LogP contribution in [0.2, 0.25) is 5.02 Å². The van der Waals surface area contributed by atoms with Crippen LogP contribution in [0.4, 0.5) is 5.69 Å². The molecule has 2 N–H and O–H groups in total. The summed E-state index contributed by atoms with van der Waals surface area (Å²) in [7, 11) is 0. The van der Waals surface area contributed by atoms with E-state index in [4.69, 9.17) is 11.6 Å².